The highest BCUT2D eigenvalue weighted by Crippen LogP contribution is 2.38. The zero-order valence-corrected chi connectivity index (χ0v) is 18.9. The second-order valence-electron chi connectivity index (χ2n) is 8.85. The van der Waals surface area contributed by atoms with Crippen molar-refractivity contribution >= 4 is 45.2 Å². The molecular weight excluding hydrogens is 422 g/mol. The van der Waals surface area contributed by atoms with E-state index in [4.69, 9.17) is 0 Å². The average Bonchev–Trinajstić information content (AvgIpc) is 3.43. The number of rotatable bonds is 3. The van der Waals surface area contributed by atoms with Crippen LogP contribution in [0.2, 0.25) is 0 Å². The molecule has 0 atom stereocenters. The van der Waals surface area contributed by atoms with E-state index in [0.717, 1.165) is 71.9 Å². The maximum absolute atomic E-state index is 13.1. The van der Waals surface area contributed by atoms with Gasteiger partial charge in [-0.1, -0.05) is 0 Å². The molecule has 0 aromatic carbocycles. The number of nitrogens with one attached hydrogen (secondary N) is 1. The highest BCUT2D eigenvalue weighted by atomic mass is 32.1. The molecule has 0 bridgehead atoms. The van der Waals surface area contributed by atoms with E-state index in [-0.39, 0.29) is 5.92 Å². The number of thiophene rings is 1. The summed E-state index contributed by atoms with van der Waals surface area (Å²) < 4.78 is 0. The van der Waals surface area contributed by atoms with Crippen molar-refractivity contribution in [2.24, 2.45) is 10.9 Å². The molecule has 1 amide bonds. The van der Waals surface area contributed by atoms with Gasteiger partial charge in [-0.25, -0.2) is 9.97 Å². The summed E-state index contributed by atoms with van der Waals surface area (Å²) in [6.45, 7) is 4.10. The molecule has 164 valence electrons. The SMILES string of the molecule is CN1CCC(C(=O)N2CCc3c(sc4ncnc(Nc5cnc6c(c5)C=NC6)c34)C2)CC1. The Kier molecular flexibility index (Phi) is 4.87. The summed E-state index contributed by atoms with van der Waals surface area (Å²) >= 11 is 1.68. The van der Waals surface area contributed by atoms with Gasteiger partial charge in [0.2, 0.25) is 5.91 Å². The number of aliphatic imine (C=N–C) groups is 1. The van der Waals surface area contributed by atoms with Gasteiger partial charge in [0.15, 0.2) is 0 Å². The van der Waals surface area contributed by atoms with Crippen LogP contribution >= 0.6 is 11.3 Å². The summed E-state index contributed by atoms with van der Waals surface area (Å²) in [4.78, 5) is 37.6. The summed E-state index contributed by atoms with van der Waals surface area (Å²) in [5.41, 5.74) is 4.23. The van der Waals surface area contributed by atoms with Gasteiger partial charge in [-0.05, 0) is 51.0 Å². The first kappa shape index (κ1) is 19.8. The molecule has 3 aliphatic rings. The number of pyridine rings is 1. The second-order valence-corrected chi connectivity index (χ2v) is 9.93. The van der Waals surface area contributed by atoms with Crippen LogP contribution in [0.1, 0.15) is 34.5 Å². The normalized spacial score (nSPS) is 18.7. The lowest BCUT2D eigenvalue weighted by Gasteiger charge is -2.34. The van der Waals surface area contributed by atoms with Crippen molar-refractivity contribution in [3.05, 3.63) is 40.3 Å². The predicted octanol–water partition coefficient (Wildman–Crippen LogP) is 2.99. The summed E-state index contributed by atoms with van der Waals surface area (Å²) in [6.07, 6.45) is 8.07. The molecule has 0 spiro atoms. The van der Waals surface area contributed by atoms with Crippen LogP contribution in [-0.2, 0) is 24.3 Å². The first-order valence-electron chi connectivity index (χ1n) is 11.1. The van der Waals surface area contributed by atoms with Gasteiger partial charge < -0.3 is 15.1 Å². The molecule has 0 aliphatic carbocycles. The Morgan fingerprint density at radius 2 is 2.06 bits per heavy atom. The molecule has 1 N–H and O–H groups in total. The maximum atomic E-state index is 13.1. The van der Waals surface area contributed by atoms with Crippen molar-refractivity contribution in [1.29, 1.82) is 0 Å². The monoisotopic (exact) mass is 447 g/mol. The van der Waals surface area contributed by atoms with Crippen LogP contribution in [0.5, 0.6) is 0 Å². The van der Waals surface area contributed by atoms with Crippen molar-refractivity contribution in [2.45, 2.75) is 32.4 Å². The smallest absolute Gasteiger partial charge is 0.226 e. The number of hydrogen-bond acceptors (Lipinski definition) is 8. The van der Waals surface area contributed by atoms with E-state index in [9.17, 15) is 4.79 Å². The van der Waals surface area contributed by atoms with Crippen molar-refractivity contribution in [2.75, 3.05) is 32.0 Å². The van der Waals surface area contributed by atoms with Gasteiger partial charge in [0, 0.05) is 29.1 Å². The quantitative estimate of drug-likeness (QED) is 0.664. The number of amides is 1. The lowest BCUT2D eigenvalue weighted by Crippen LogP contribution is -2.43. The molecule has 0 unspecified atom stereocenters. The fraction of sp³-hybridized carbons (Fsp3) is 0.435. The van der Waals surface area contributed by atoms with E-state index in [1.54, 1.807) is 17.7 Å². The largest absolute Gasteiger partial charge is 0.338 e. The van der Waals surface area contributed by atoms with E-state index < -0.39 is 0 Å². The minimum Gasteiger partial charge on any atom is -0.338 e. The molecule has 1 saturated heterocycles. The summed E-state index contributed by atoms with van der Waals surface area (Å²) in [5, 5.41) is 4.53. The molecule has 3 aromatic rings. The Labute approximate surface area is 190 Å². The van der Waals surface area contributed by atoms with Crippen LogP contribution in [0.3, 0.4) is 0 Å². The number of likely N-dealkylation sites (tertiary alicyclic amines) is 1. The third-order valence-electron chi connectivity index (χ3n) is 6.75. The Bertz CT molecular complexity index is 1230. The van der Waals surface area contributed by atoms with Crippen LogP contribution < -0.4 is 5.32 Å². The highest BCUT2D eigenvalue weighted by Gasteiger charge is 2.31. The number of carbonyl (C=O) groups excluding carboxylic acids is 1. The van der Waals surface area contributed by atoms with Crippen LogP contribution in [0.15, 0.2) is 23.6 Å². The first-order valence-corrected chi connectivity index (χ1v) is 12.0. The molecule has 1 fully saturated rings. The molecule has 6 rings (SSSR count). The van der Waals surface area contributed by atoms with Gasteiger partial charge in [-0.3, -0.25) is 14.8 Å². The molecular formula is C23H25N7OS. The Morgan fingerprint density at radius 1 is 1.19 bits per heavy atom. The van der Waals surface area contributed by atoms with Crippen molar-refractivity contribution in [1.82, 2.24) is 24.8 Å². The molecule has 3 aromatic heterocycles. The number of nitrogens with zero attached hydrogens (tertiary/aromatic N) is 6. The minimum atomic E-state index is 0.162. The summed E-state index contributed by atoms with van der Waals surface area (Å²) in [6, 6.07) is 2.06. The van der Waals surface area contributed by atoms with Crippen molar-refractivity contribution < 1.29 is 4.79 Å². The molecule has 9 heteroatoms. The first-order chi connectivity index (χ1) is 15.7. The number of piperidine rings is 1. The van der Waals surface area contributed by atoms with E-state index in [1.165, 1.54) is 10.4 Å². The van der Waals surface area contributed by atoms with Gasteiger partial charge in [0.05, 0.1) is 36.1 Å². The van der Waals surface area contributed by atoms with Crippen molar-refractivity contribution in [3.8, 4) is 0 Å². The number of aromatic nitrogens is 3. The molecule has 8 nitrogen and oxygen atoms in total. The third kappa shape index (κ3) is 3.45. The molecule has 0 saturated carbocycles. The van der Waals surface area contributed by atoms with E-state index >= 15 is 0 Å². The summed E-state index contributed by atoms with van der Waals surface area (Å²) in [5.74, 6) is 1.28. The fourth-order valence-corrected chi connectivity index (χ4v) is 6.12. The summed E-state index contributed by atoms with van der Waals surface area (Å²) in [7, 11) is 2.13. The number of fused-ring (bicyclic) bond motifs is 4. The standard InChI is InChI=1S/C23H25N7OS/c1-29-5-2-14(3-6-29)23(31)30-7-4-17-19(12-30)32-22-20(17)21(26-13-27-22)28-16-8-15-9-24-11-18(15)25-10-16/h8-10,13-14H,2-7,11-12H2,1H3,(H,26,27,28). The van der Waals surface area contributed by atoms with Gasteiger partial charge in [-0.15, -0.1) is 11.3 Å². The average molecular weight is 448 g/mol. The van der Waals surface area contributed by atoms with Crippen LogP contribution in [0.25, 0.3) is 10.2 Å². The predicted molar refractivity (Wildman–Crippen MR) is 126 cm³/mol. The minimum absolute atomic E-state index is 0.162. The lowest BCUT2D eigenvalue weighted by molar-refractivity contribution is -0.137. The number of anilines is 2. The Hall–Kier alpha value is -2.91. The van der Waals surface area contributed by atoms with Crippen LogP contribution in [0.4, 0.5) is 11.5 Å². The van der Waals surface area contributed by atoms with Gasteiger partial charge in [-0.2, -0.15) is 0 Å². The maximum Gasteiger partial charge on any atom is 0.226 e. The molecule has 3 aliphatic heterocycles. The third-order valence-corrected chi connectivity index (χ3v) is 7.88. The van der Waals surface area contributed by atoms with E-state index in [0.29, 0.717) is 19.0 Å². The van der Waals surface area contributed by atoms with Gasteiger partial charge in [0.1, 0.15) is 17.0 Å². The molecule has 0 radical (unpaired) electrons. The zero-order valence-electron chi connectivity index (χ0n) is 18.0. The van der Waals surface area contributed by atoms with Crippen LogP contribution in [0, 0.1) is 5.92 Å². The lowest BCUT2D eigenvalue weighted by atomic mass is 9.94. The molecule has 32 heavy (non-hydrogen) atoms. The van der Waals surface area contributed by atoms with E-state index in [1.807, 2.05) is 12.4 Å². The number of carbonyl (C=O) groups is 1. The van der Waals surface area contributed by atoms with E-state index in [2.05, 4.69) is 48.2 Å². The zero-order chi connectivity index (χ0) is 21.7. The van der Waals surface area contributed by atoms with Gasteiger partial charge >= 0.3 is 0 Å². The Balaban J connectivity index is 1.26. The highest BCUT2D eigenvalue weighted by molar-refractivity contribution is 7.19. The Morgan fingerprint density at radius 3 is 2.94 bits per heavy atom. The number of hydrogen-bond donors (Lipinski definition) is 1. The van der Waals surface area contributed by atoms with Gasteiger partial charge in [0.25, 0.3) is 0 Å². The fourth-order valence-electron chi connectivity index (χ4n) is 4.91. The topological polar surface area (TPSA) is 86.6 Å². The molecule has 6 heterocycles. The second kappa shape index (κ2) is 7.90. The van der Waals surface area contributed by atoms with Crippen molar-refractivity contribution in [3.63, 3.8) is 0 Å². The van der Waals surface area contributed by atoms with Crippen LogP contribution in [-0.4, -0.2) is 63.6 Å².